The number of rotatable bonds is 5. The minimum Gasteiger partial charge on any atom is -0.507 e. The number of piperidine rings is 1. The molecule has 0 aliphatic carbocycles. The Bertz CT molecular complexity index is 803. The average Bonchev–Trinajstić information content (AvgIpc) is 2.66. The maximum atomic E-state index is 12.7. The van der Waals surface area contributed by atoms with Crippen molar-refractivity contribution < 1.29 is 9.90 Å². The van der Waals surface area contributed by atoms with Crippen molar-refractivity contribution in [3.05, 3.63) is 64.1 Å². The van der Waals surface area contributed by atoms with Gasteiger partial charge in [-0.25, -0.2) is 0 Å². The van der Waals surface area contributed by atoms with Gasteiger partial charge in [0, 0.05) is 37.9 Å². The third-order valence-corrected chi connectivity index (χ3v) is 5.04. The van der Waals surface area contributed by atoms with E-state index in [0.717, 1.165) is 31.9 Å². The Balaban J connectivity index is 1.61. The summed E-state index contributed by atoms with van der Waals surface area (Å²) in [5.74, 6) is -0.502. The number of pyridine rings is 1. The topological polar surface area (TPSA) is 76.6 Å². The monoisotopic (exact) mass is 355 g/mol. The van der Waals surface area contributed by atoms with Crippen LogP contribution in [0.25, 0.3) is 0 Å². The van der Waals surface area contributed by atoms with Crippen LogP contribution in [0.1, 0.15) is 28.8 Å². The number of aromatic hydroxyl groups is 1. The van der Waals surface area contributed by atoms with Gasteiger partial charge in [0.2, 0.25) is 0 Å². The van der Waals surface area contributed by atoms with Crippen LogP contribution in [0, 0.1) is 0 Å². The summed E-state index contributed by atoms with van der Waals surface area (Å²) in [6.45, 7) is 2.23. The summed E-state index contributed by atoms with van der Waals surface area (Å²) < 4.78 is 0. The number of aromatic nitrogens is 1. The molecule has 6 heteroatoms. The van der Waals surface area contributed by atoms with Crippen molar-refractivity contribution in [2.45, 2.75) is 25.3 Å². The van der Waals surface area contributed by atoms with Crippen LogP contribution in [-0.2, 0) is 6.42 Å². The molecule has 1 fully saturated rings. The molecular formula is C20H25N3O3. The van der Waals surface area contributed by atoms with Gasteiger partial charge in [0.15, 0.2) is 0 Å². The Morgan fingerprint density at radius 1 is 1.35 bits per heavy atom. The summed E-state index contributed by atoms with van der Waals surface area (Å²) in [7, 11) is 2.10. The zero-order chi connectivity index (χ0) is 18.5. The lowest BCUT2D eigenvalue weighted by Gasteiger charge is -2.37. The highest BCUT2D eigenvalue weighted by Crippen LogP contribution is 2.20. The molecule has 3 rings (SSSR count). The van der Waals surface area contributed by atoms with Gasteiger partial charge in [-0.2, -0.15) is 0 Å². The van der Waals surface area contributed by atoms with E-state index < -0.39 is 5.56 Å². The Morgan fingerprint density at radius 3 is 2.85 bits per heavy atom. The SMILES string of the molecule is CN(CCc1ccccc1)[C@@H]1CCCN(C(=O)c2c[nH]c(=O)cc2O)C1. The summed E-state index contributed by atoms with van der Waals surface area (Å²) in [4.78, 5) is 30.5. The van der Waals surface area contributed by atoms with Crippen molar-refractivity contribution in [1.82, 2.24) is 14.8 Å². The van der Waals surface area contributed by atoms with E-state index in [1.807, 2.05) is 18.2 Å². The first-order valence-corrected chi connectivity index (χ1v) is 8.99. The number of hydrogen-bond acceptors (Lipinski definition) is 4. The number of carbonyl (C=O) groups is 1. The molecule has 2 N–H and O–H groups in total. The zero-order valence-electron chi connectivity index (χ0n) is 15.0. The second-order valence-electron chi connectivity index (χ2n) is 6.86. The molecule has 2 aromatic rings. The van der Waals surface area contributed by atoms with E-state index in [-0.39, 0.29) is 17.2 Å². The molecule has 1 aliphatic heterocycles. The molecule has 1 aromatic heterocycles. The maximum Gasteiger partial charge on any atom is 0.259 e. The highest BCUT2D eigenvalue weighted by atomic mass is 16.3. The fourth-order valence-corrected chi connectivity index (χ4v) is 3.43. The number of aromatic amines is 1. The van der Waals surface area contributed by atoms with Crippen LogP contribution in [-0.4, -0.2) is 58.5 Å². The average molecular weight is 355 g/mol. The van der Waals surface area contributed by atoms with Gasteiger partial charge in [-0.15, -0.1) is 0 Å². The largest absolute Gasteiger partial charge is 0.507 e. The molecule has 1 saturated heterocycles. The lowest BCUT2D eigenvalue weighted by molar-refractivity contribution is 0.0608. The summed E-state index contributed by atoms with van der Waals surface area (Å²) >= 11 is 0. The van der Waals surface area contributed by atoms with E-state index in [9.17, 15) is 14.7 Å². The second-order valence-corrected chi connectivity index (χ2v) is 6.86. The van der Waals surface area contributed by atoms with Gasteiger partial charge in [-0.3, -0.25) is 9.59 Å². The van der Waals surface area contributed by atoms with Crippen LogP contribution in [0.15, 0.2) is 47.4 Å². The van der Waals surface area contributed by atoms with Crippen molar-refractivity contribution in [1.29, 1.82) is 0 Å². The minimum absolute atomic E-state index is 0.150. The predicted molar refractivity (Wildman–Crippen MR) is 100 cm³/mol. The number of benzene rings is 1. The quantitative estimate of drug-likeness (QED) is 0.858. The van der Waals surface area contributed by atoms with Gasteiger partial charge in [0.05, 0.1) is 5.56 Å². The van der Waals surface area contributed by atoms with E-state index >= 15 is 0 Å². The summed E-state index contributed by atoms with van der Waals surface area (Å²) in [6, 6.07) is 11.7. The van der Waals surface area contributed by atoms with Gasteiger partial charge < -0.3 is 19.9 Å². The summed E-state index contributed by atoms with van der Waals surface area (Å²) in [5, 5.41) is 9.90. The molecule has 26 heavy (non-hydrogen) atoms. The number of H-pyrrole nitrogens is 1. The van der Waals surface area contributed by atoms with Gasteiger partial charge in [0.1, 0.15) is 5.75 Å². The maximum absolute atomic E-state index is 12.7. The third-order valence-electron chi connectivity index (χ3n) is 5.04. The first-order valence-electron chi connectivity index (χ1n) is 8.99. The molecule has 1 amide bonds. The second kappa shape index (κ2) is 8.19. The Morgan fingerprint density at radius 2 is 2.12 bits per heavy atom. The van der Waals surface area contributed by atoms with Gasteiger partial charge in [-0.05, 0) is 31.9 Å². The molecule has 1 atom stereocenters. The van der Waals surface area contributed by atoms with E-state index in [2.05, 4.69) is 29.1 Å². The first kappa shape index (κ1) is 18.2. The van der Waals surface area contributed by atoms with Crippen molar-refractivity contribution in [2.75, 3.05) is 26.7 Å². The number of nitrogens with one attached hydrogen (secondary N) is 1. The van der Waals surface area contributed by atoms with Gasteiger partial charge in [-0.1, -0.05) is 30.3 Å². The van der Waals surface area contributed by atoms with E-state index in [1.54, 1.807) is 4.90 Å². The molecule has 0 saturated carbocycles. The molecule has 0 radical (unpaired) electrons. The molecule has 0 unspecified atom stereocenters. The zero-order valence-corrected chi connectivity index (χ0v) is 15.0. The Hall–Kier alpha value is -2.60. The lowest BCUT2D eigenvalue weighted by atomic mass is 10.0. The van der Waals surface area contributed by atoms with Crippen LogP contribution in [0.4, 0.5) is 0 Å². The molecule has 0 spiro atoms. The third kappa shape index (κ3) is 4.32. The molecule has 2 heterocycles. The normalized spacial score (nSPS) is 17.5. The van der Waals surface area contributed by atoms with Crippen LogP contribution < -0.4 is 5.56 Å². The number of nitrogens with zero attached hydrogens (tertiary/aromatic N) is 2. The number of hydrogen-bond donors (Lipinski definition) is 2. The fraction of sp³-hybridized carbons (Fsp3) is 0.400. The molecule has 0 bridgehead atoms. The molecule has 1 aromatic carbocycles. The number of likely N-dealkylation sites (N-methyl/N-ethyl adjacent to an activating group) is 1. The Labute approximate surface area is 153 Å². The molecule has 138 valence electrons. The van der Waals surface area contributed by atoms with E-state index in [1.165, 1.54) is 11.8 Å². The highest BCUT2D eigenvalue weighted by Gasteiger charge is 2.28. The standard InChI is InChI=1S/C20H25N3O3/c1-22(11-9-15-6-3-2-4-7-15)16-8-5-10-23(14-16)20(26)17-13-21-19(25)12-18(17)24/h2-4,6-7,12-13,16H,5,8-11,14H2,1H3,(H2,21,24,25)/t16-/m1/s1. The van der Waals surface area contributed by atoms with Gasteiger partial charge in [0.25, 0.3) is 11.5 Å². The van der Waals surface area contributed by atoms with Crippen molar-refractivity contribution in [3.63, 3.8) is 0 Å². The number of carbonyl (C=O) groups excluding carboxylic acids is 1. The minimum atomic E-state index is -0.420. The lowest BCUT2D eigenvalue weighted by Crippen LogP contribution is -2.49. The number of amides is 1. The van der Waals surface area contributed by atoms with E-state index in [4.69, 9.17) is 0 Å². The molecule has 1 aliphatic rings. The van der Waals surface area contributed by atoms with Crippen molar-refractivity contribution in [3.8, 4) is 5.75 Å². The number of likely N-dealkylation sites (tertiary alicyclic amines) is 1. The highest BCUT2D eigenvalue weighted by molar-refractivity contribution is 5.96. The van der Waals surface area contributed by atoms with Crippen LogP contribution >= 0.6 is 0 Å². The fourth-order valence-electron chi connectivity index (χ4n) is 3.43. The van der Waals surface area contributed by atoms with E-state index in [0.29, 0.717) is 19.1 Å². The van der Waals surface area contributed by atoms with Crippen molar-refractivity contribution in [2.24, 2.45) is 0 Å². The van der Waals surface area contributed by atoms with Crippen LogP contribution in [0.5, 0.6) is 5.75 Å². The van der Waals surface area contributed by atoms with Gasteiger partial charge >= 0.3 is 0 Å². The summed E-state index contributed by atoms with van der Waals surface area (Å²) in [5.41, 5.74) is 1.04. The first-order chi connectivity index (χ1) is 12.5. The van der Waals surface area contributed by atoms with Crippen LogP contribution in [0.3, 0.4) is 0 Å². The summed E-state index contributed by atoms with van der Waals surface area (Å²) in [6.07, 6.45) is 4.24. The molecule has 6 nitrogen and oxygen atoms in total. The predicted octanol–water partition coefficient (Wildman–Crippen LogP) is 1.86. The van der Waals surface area contributed by atoms with Crippen LogP contribution in [0.2, 0.25) is 0 Å². The smallest absolute Gasteiger partial charge is 0.259 e. The Kier molecular flexibility index (Phi) is 5.73. The molecular weight excluding hydrogens is 330 g/mol. The van der Waals surface area contributed by atoms with Crippen molar-refractivity contribution >= 4 is 5.91 Å².